The molecule has 0 saturated carbocycles. The molecule has 0 unspecified atom stereocenters. The van der Waals surface area contributed by atoms with Gasteiger partial charge in [0.05, 0.1) is 26.1 Å². The highest BCUT2D eigenvalue weighted by Gasteiger charge is 2.13. The van der Waals surface area contributed by atoms with Crippen LogP contribution >= 0.6 is 47.0 Å². The number of hydrogen-bond acceptors (Lipinski definition) is 3. The zero-order chi connectivity index (χ0) is 21.3. The molecule has 30 heavy (non-hydrogen) atoms. The molecule has 9 heteroatoms. The highest BCUT2D eigenvalue weighted by molar-refractivity contribution is 7.80. The summed E-state index contributed by atoms with van der Waals surface area (Å²) in [6, 6.07) is 17.6. The summed E-state index contributed by atoms with van der Waals surface area (Å²) in [6.45, 7) is 0. The molecule has 3 N–H and O–H groups in total. The number of imidazole rings is 1. The number of benzene rings is 3. The maximum Gasteiger partial charge on any atom is 0.257 e. The molecule has 0 aliphatic carbocycles. The molecular weight excluding hydrogens is 463 g/mol. The first-order chi connectivity index (χ1) is 14.4. The van der Waals surface area contributed by atoms with Gasteiger partial charge in [-0.1, -0.05) is 46.9 Å². The molecule has 1 amide bonds. The van der Waals surface area contributed by atoms with Crippen molar-refractivity contribution in [2.24, 2.45) is 0 Å². The number of rotatable bonds is 3. The van der Waals surface area contributed by atoms with Crippen LogP contribution in [0.2, 0.25) is 15.1 Å². The van der Waals surface area contributed by atoms with Gasteiger partial charge in [-0.05, 0) is 60.7 Å². The molecule has 1 heterocycles. The smallest absolute Gasteiger partial charge is 0.257 e. The molecular formula is C21H13Cl3N4OS. The maximum absolute atomic E-state index is 12.4. The first kappa shape index (κ1) is 20.6. The number of nitrogens with one attached hydrogen (secondary N) is 3. The fourth-order valence-corrected chi connectivity index (χ4v) is 3.56. The van der Waals surface area contributed by atoms with Crippen LogP contribution in [0.1, 0.15) is 10.4 Å². The van der Waals surface area contributed by atoms with Crippen molar-refractivity contribution in [3.8, 4) is 11.4 Å². The van der Waals surface area contributed by atoms with Gasteiger partial charge >= 0.3 is 0 Å². The van der Waals surface area contributed by atoms with Crippen molar-refractivity contribution in [1.29, 1.82) is 0 Å². The second-order valence-corrected chi connectivity index (χ2v) is 7.96. The van der Waals surface area contributed by atoms with Crippen molar-refractivity contribution in [3.63, 3.8) is 0 Å². The fourth-order valence-electron chi connectivity index (χ4n) is 2.84. The van der Waals surface area contributed by atoms with Gasteiger partial charge in [-0.15, -0.1) is 0 Å². The summed E-state index contributed by atoms with van der Waals surface area (Å²) in [5, 5.41) is 6.91. The number of nitrogens with zero attached hydrogens (tertiary/aromatic N) is 1. The number of amides is 1. The lowest BCUT2D eigenvalue weighted by atomic mass is 10.2. The topological polar surface area (TPSA) is 69.8 Å². The molecule has 150 valence electrons. The van der Waals surface area contributed by atoms with E-state index in [4.69, 9.17) is 47.0 Å². The number of aromatic nitrogens is 2. The third-order valence-corrected chi connectivity index (χ3v) is 5.55. The number of H-pyrrole nitrogens is 1. The number of aromatic amines is 1. The Kier molecular flexibility index (Phi) is 5.92. The lowest BCUT2D eigenvalue weighted by molar-refractivity contribution is 0.0977. The summed E-state index contributed by atoms with van der Waals surface area (Å²) >= 11 is 23.5. The van der Waals surface area contributed by atoms with Crippen molar-refractivity contribution in [2.75, 3.05) is 5.32 Å². The average molecular weight is 476 g/mol. The third-order valence-electron chi connectivity index (χ3n) is 4.28. The second-order valence-electron chi connectivity index (χ2n) is 6.33. The molecule has 0 aliphatic rings. The first-order valence-electron chi connectivity index (χ1n) is 8.73. The first-order valence-corrected chi connectivity index (χ1v) is 10.3. The van der Waals surface area contributed by atoms with E-state index < -0.39 is 5.91 Å². The Morgan fingerprint density at radius 2 is 1.70 bits per heavy atom. The van der Waals surface area contributed by atoms with Gasteiger partial charge in [-0.3, -0.25) is 10.1 Å². The predicted molar refractivity (Wildman–Crippen MR) is 127 cm³/mol. The molecule has 0 radical (unpaired) electrons. The molecule has 1 aromatic heterocycles. The summed E-state index contributed by atoms with van der Waals surface area (Å²) in [5.74, 6) is 0.230. The van der Waals surface area contributed by atoms with Crippen LogP contribution in [0.4, 0.5) is 5.69 Å². The standard InChI is InChI=1S/C21H13Cl3N4OS/c22-14-8-6-12(10-13(14)19-26-17-3-1-2-4-18(17)27-19)25-21(30)28-20(29)11-5-7-15(23)16(24)9-11/h1-10H,(H,26,27)(H2,25,28,29,30). The molecule has 0 saturated heterocycles. The quantitative estimate of drug-likeness (QED) is 0.303. The van der Waals surface area contributed by atoms with Crippen molar-refractivity contribution in [3.05, 3.63) is 81.3 Å². The van der Waals surface area contributed by atoms with Crippen LogP contribution in [0.3, 0.4) is 0 Å². The number of hydrogen-bond donors (Lipinski definition) is 3. The van der Waals surface area contributed by atoms with Crippen molar-refractivity contribution >= 4 is 74.8 Å². The lowest BCUT2D eigenvalue weighted by Crippen LogP contribution is -2.34. The molecule has 3 aromatic carbocycles. The second kappa shape index (κ2) is 8.62. The highest BCUT2D eigenvalue weighted by Crippen LogP contribution is 2.30. The average Bonchev–Trinajstić information content (AvgIpc) is 3.15. The molecule has 5 nitrogen and oxygen atoms in total. The van der Waals surface area contributed by atoms with Gasteiger partial charge in [0, 0.05) is 16.8 Å². The number of fused-ring (bicyclic) bond motifs is 1. The number of para-hydroxylation sites is 2. The summed E-state index contributed by atoms with van der Waals surface area (Å²) in [4.78, 5) is 20.2. The fraction of sp³-hybridized carbons (Fsp3) is 0. The van der Waals surface area contributed by atoms with Crippen molar-refractivity contribution < 1.29 is 4.79 Å². The van der Waals surface area contributed by atoms with E-state index >= 15 is 0 Å². The number of halogens is 3. The van der Waals surface area contributed by atoms with E-state index in [9.17, 15) is 4.79 Å². The van der Waals surface area contributed by atoms with Crippen LogP contribution in [0, 0.1) is 0 Å². The van der Waals surface area contributed by atoms with E-state index in [1.165, 1.54) is 6.07 Å². The largest absolute Gasteiger partial charge is 0.338 e. The van der Waals surface area contributed by atoms with Gasteiger partial charge < -0.3 is 10.3 Å². The van der Waals surface area contributed by atoms with Crippen LogP contribution in [0.15, 0.2) is 60.7 Å². The lowest BCUT2D eigenvalue weighted by Gasteiger charge is -2.11. The van der Waals surface area contributed by atoms with E-state index in [2.05, 4.69) is 20.6 Å². The Balaban J connectivity index is 1.52. The van der Waals surface area contributed by atoms with Gasteiger partial charge in [0.2, 0.25) is 0 Å². The Bertz CT molecular complexity index is 1260. The van der Waals surface area contributed by atoms with E-state index in [1.807, 2.05) is 24.3 Å². The minimum atomic E-state index is -0.405. The molecule has 4 rings (SSSR count). The highest BCUT2D eigenvalue weighted by atomic mass is 35.5. The van der Waals surface area contributed by atoms with E-state index in [0.717, 1.165) is 11.0 Å². The molecule has 4 aromatic rings. The van der Waals surface area contributed by atoms with Gasteiger partial charge in [0.15, 0.2) is 5.11 Å². The Morgan fingerprint density at radius 1 is 0.933 bits per heavy atom. The third kappa shape index (κ3) is 4.42. The SMILES string of the molecule is O=C(NC(=S)Nc1ccc(Cl)c(-c2nc3ccccc3[nH]2)c1)c1ccc(Cl)c(Cl)c1. The number of anilines is 1. The Hall–Kier alpha value is -2.64. The summed E-state index contributed by atoms with van der Waals surface area (Å²) in [7, 11) is 0. The monoisotopic (exact) mass is 474 g/mol. The molecule has 0 bridgehead atoms. The van der Waals surface area contributed by atoms with Crippen molar-refractivity contribution in [2.45, 2.75) is 0 Å². The van der Waals surface area contributed by atoms with Crippen LogP contribution < -0.4 is 10.6 Å². The minimum absolute atomic E-state index is 0.129. The van der Waals surface area contributed by atoms with Crippen LogP contribution in [0.25, 0.3) is 22.4 Å². The maximum atomic E-state index is 12.4. The van der Waals surface area contributed by atoms with Gasteiger partial charge in [-0.2, -0.15) is 0 Å². The number of carbonyl (C=O) groups excluding carboxylic acids is 1. The van der Waals surface area contributed by atoms with Crippen LogP contribution in [0.5, 0.6) is 0 Å². The predicted octanol–water partition coefficient (Wildman–Crippen LogP) is 6.32. The molecule has 0 aliphatic heterocycles. The normalized spacial score (nSPS) is 10.8. The van der Waals surface area contributed by atoms with Crippen molar-refractivity contribution in [1.82, 2.24) is 15.3 Å². The molecule has 0 spiro atoms. The van der Waals surface area contributed by atoms with E-state index in [1.54, 1.807) is 30.3 Å². The number of thiocarbonyl (C=S) groups is 1. The number of carbonyl (C=O) groups is 1. The van der Waals surface area contributed by atoms with E-state index in [0.29, 0.717) is 32.7 Å². The zero-order valence-electron chi connectivity index (χ0n) is 15.2. The zero-order valence-corrected chi connectivity index (χ0v) is 18.3. The Morgan fingerprint density at radius 3 is 2.47 bits per heavy atom. The van der Waals surface area contributed by atoms with E-state index in [-0.39, 0.29) is 10.1 Å². The Labute approximate surface area is 192 Å². The summed E-state index contributed by atoms with van der Waals surface area (Å²) in [6.07, 6.45) is 0. The van der Waals surface area contributed by atoms with Gasteiger partial charge in [0.1, 0.15) is 5.82 Å². The molecule has 0 atom stereocenters. The van der Waals surface area contributed by atoms with Gasteiger partial charge in [0.25, 0.3) is 5.91 Å². The summed E-state index contributed by atoms with van der Waals surface area (Å²) < 4.78 is 0. The minimum Gasteiger partial charge on any atom is -0.338 e. The summed E-state index contributed by atoms with van der Waals surface area (Å²) in [5.41, 5.74) is 3.44. The molecule has 0 fully saturated rings. The van der Waals surface area contributed by atoms with Gasteiger partial charge in [-0.25, -0.2) is 4.98 Å². The van der Waals surface area contributed by atoms with Crippen LogP contribution in [-0.2, 0) is 0 Å². The van der Waals surface area contributed by atoms with Crippen LogP contribution in [-0.4, -0.2) is 21.0 Å².